The van der Waals surface area contributed by atoms with Crippen molar-refractivity contribution in [3.05, 3.63) is 157 Å². The second-order valence-electron chi connectivity index (χ2n) is 12.0. The highest BCUT2D eigenvalue weighted by Gasteiger charge is 2.32. The predicted molar refractivity (Wildman–Crippen MR) is 188 cm³/mol. The Kier molecular flexibility index (Phi) is 14.6. The third-order valence-corrected chi connectivity index (χ3v) is 7.79. The lowest BCUT2D eigenvalue weighted by Crippen LogP contribution is -2.45. The van der Waals surface area contributed by atoms with Gasteiger partial charge in [0.1, 0.15) is 6.61 Å². The van der Waals surface area contributed by atoms with Gasteiger partial charge in [0.05, 0.1) is 5.54 Å². The number of nitrogens with one attached hydrogen (secondary N) is 1. The van der Waals surface area contributed by atoms with E-state index < -0.39 is 11.6 Å². The molecule has 3 N–H and O–H groups in total. The zero-order valence-electron chi connectivity index (χ0n) is 27.2. The lowest BCUT2D eigenvalue weighted by Gasteiger charge is -2.34. The fourth-order valence-electron chi connectivity index (χ4n) is 5.18. The number of amides is 1. The highest BCUT2D eigenvalue weighted by Crippen LogP contribution is 2.32. The van der Waals surface area contributed by atoms with E-state index in [0.29, 0.717) is 24.7 Å². The Morgan fingerprint density at radius 3 is 1.68 bits per heavy atom. The minimum atomic E-state index is -0.623. The maximum atomic E-state index is 12.6. The maximum Gasteiger partial charge on any atom is 0.408 e. The molecule has 3 aromatic carbocycles. The van der Waals surface area contributed by atoms with Crippen LogP contribution in [0.1, 0.15) is 93.0 Å². The molecule has 0 unspecified atom stereocenters. The molecule has 0 saturated carbocycles. The van der Waals surface area contributed by atoms with E-state index in [2.05, 4.69) is 95.7 Å². The molecule has 0 aliphatic heterocycles. The number of nitrogens with two attached hydrogens (primary N) is 1. The first-order valence-electron chi connectivity index (χ1n) is 15.5. The van der Waals surface area contributed by atoms with E-state index in [4.69, 9.17) is 10.5 Å². The average Bonchev–Trinajstić information content (AvgIpc) is 3.01. The summed E-state index contributed by atoms with van der Waals surface area (Å²) in [6, 6.07) is 26.5. The molecular weight excluding hydrogens is 540 g/mol. The number of ether oxygens (including phenoxy) is 1. The molecule has 0 aliphatic carbocycles. The second-order valence-corrected chi connectivity index (χ2v) is 12.0. The van der Waals surface area contributed by atoms with Gasteiger partial charge in [-0.2, -0.15) is 0 Å². The summed E-state index contributed by atoms with van der Waals surface area (Å²) in [6.45, 7) is 24.3. The van der Waals surface area contributed by atoms with Crippen molar-refractivity contribution in [3.8, 4) is 0 Å². The van der Waals surface area contributed by atoms with Crippen molar-refractivity contribution in [2.45, 2.75) is 82.9 Å². The zero-order valence-corrected chi connectivity index (χ0v) is 27.2. The Labute approximate surface area is 266 Å². The first-order valence-corrected chi connectivity index (χ1v) is 15.5. The predicted octanol–water partition coefficient (Wildman–Crippen LogP) is 10.2. The molecule has 1 amide bonds. The second kappa shape index (κ2) is 17.8. The quantitative estimate of drug-likeness (QED) is 0.173. The molecule has 0 aromatic heterocycles. The Morgan fingerprint density at radius 2 is 1.20 bits per heavy atom. The molecule has 234 valence electrons. The molecule has 0 radical (unpaired) electrons. The van der Waals surface area contributed by atoms with Crippen molar-refractivity contribution >= 4 is 6.09 Å². The largest absolute Gasteiger partial charge is 0.445 e. The van der Waals surface area contributed by atoms with Crippen molar-refractivity contribution in [2.24, 2.45) is 5.73 Å². The van der Waals surface area contributed by atoms with Crippen LogP contribution in [0.4, 0.5) is 4.79 Å². The summed E-state index contributed by atoms with van der Waals surface area (Å²) in [5.74, 6) is 0.923. The lowest BCUT2D eigenvalue weighted by atomic mass is 9.82. The van der Waals surface area contributed by atoms with Crippen LogP contribution < -0.4 is 11.1 Å². The molecule has 3 aromatic rings. The molecular formula is C40H52N2O2. The van der Waals surface area contributed by atoms with E-state index in [1.165, 1.54) is 16.7 Å². The zero-order chi connectivity index (χ0) is 32.6. The molecule has 0 saturated heterocycles. The minimum Gasteiger partial charge on any atom is -0.445 e. The van der Waals surface area contributed by atoms with Gasteiger partial charge in [-0.15, -0.1) is 26.3 Å². The van der Waals surface area contributed by atoms with E-state index in [0.717, 1.165) is 24.0 Å². The average molecular weight is 593 g/mol. The van der Waals surface area contributed by atoms with E-state index in [9.17, 15) is 4.79 Å². The summed E-state index contributed by atoms with van der Waals surface area (Å²) in [7, 11) is 0. The molecule has 0 heterocycles. The standard InChI is InChI=1S/C24H29NO2.C16H23N/c1-5-15-24(16-6-2,22-14-10-13-21(17-22)19(3)4)25-23(26)27-18-20-11-8-7-9-12-20;1-5-10-16(17,11-6-2)15-9-7-8-14(12-15)13(3)4/h5-14,17,19H,1-2,15-16,18H2,3-4H3,(H,25,26);5-9,12-13H,1-2,10-11,17H2,3-4H3. The molecule has 0 aliphatic rings. The smallest absolute Gasteiger partial charge is 0.408 e. The Morgan fingerprint density at radius 1 is 0.727 bits per heavy atom. The number of carbonyl (C=O) groups is 1. The van der Waals surface area contributed by atoms with Gasteiger partial charge in [0.2, 0.25) is 0 Å². The molecule has 44 heavy (non-hydrogen) atoms. The fraction of sp³-hybridized carbons (Fsp3) is 0.325. The summed E-state index contributed by atoms with van der Waals surface area (Å²) >= 11 is 0. The van der Waals surface area contributed by atoms with Crippen molar-refractivity contribution in [2.75, 3.05) is 0 Å². The monoisotopic (exact) mass is 592 g/mol. The van der Waals surface area contributed by atoms with Crippen molar-refractivity contribution in [1.82, 2.24) is 5.32 Å². The van der Waals surface area contributed by atoms with Gasteiger partial charge in [-0.1, -0.05) is 131 Å². The first-order chi connectivity index (χ1) is 21.0. The number of hydrogen-bond acceptors (Lipinski definition) is 3. The lowest BCUT2D eigenvalue weighted by molar-refractivity contribution is 0.125. The van der Waals surface area contributed by atoms with Gasteiger partial charge < -0.3 is 15.8 Å². The Hall–Kier alpha value is -4.15. The first kappa shape index (κ1) is 36.0. The summed E-state index contributed by atoms with van der Waals surface area (Å²) in [5.41, 5.74) is 11.2. The van der Waals surface area contributed by atoms with Gasteiger partial charge >= 0.3 is 6.09 Å². The van der Waals surface area contributed by atoms with Crippen LogP contribution in [0.25, 0.3) is 0 Å². The number of benzene rings is 3. The topological polar surface area (TPSA) is 64.3 Å². The van der Waals surface area contributed by atoms with Gasteiger partial charge in [-0.25, -0.2) is 4.79 Å². The number of rotatable bonds is 15. The van der Waals surface area contributed by atoms with E-state index in [-0.39, 0.29) is 12.1 Å². The molecule has 0 atom stereocenters. The van der Waals surface area contributed by atoms with Crippen LogP contribution in [0.5, 0.6) is 0 Å². The Balaban J connectivity index is 0.000000342. The van der Waals surface area contributed by atoms with E-state index in [1.807, 2.05) is 66.8 Å². The highest BCUT2D eigenvalue weighted by atomic mass is 16.5. The van der Waals surface area contributed by atoms with Crippen LogP contribution in [0.15, 0.2) is 129 Å². The molecule has 0 fully saturated rings. The maximum absolute atomic E-state index is 12.6. The van der Waals surface area contributed by atoms with E-state index in [1.54, 1.807) is 0 Å². The van der Waals surface area contributed by atoms with Gasteiger partial charge in [0.15, 0.2) is 0 Å². The van der Waals surface area contributed by atoms with Crippen LogP contribution in [-0.2, 0) is 22.4 Å². The van der Waals surface area contributed by atoms with Crippen molar-refractivity contribution < 1.29 is 9.53 Å². The number of alkyl carbamates (subject to hydrolysis) is 1. The highest BCUT2D eigenvalue weighted by molar-refractivity contribution is 5.69. The van der Waals surface area contributed by atoms with Crippen LogP contribution in [0.2, 0.25) is 0 Å². The van der Waals surface area contributed by atoms with Gasteiger partial charge in [-0.05, 0) is 65.3 Å². The van der Waals surface area contributed by atoms with Crippen LogP contribution >= 0.6 is 0 Å². The van der Waals surface area contributed by atoms with Crippen LogP contribution in [-0.4, -0.2) is 6.09 Å². The number of hydrogen-bond donors (Lipinski definition) is 2. The molecule has 3 rings (SSSR count). The number of carbonyl (C=O) groups excluding carboxylic acids is 1. The minimum absolute atomic E-state index is 0.233. The normalized spacial score (nSPS) is 11.2. The molecule has 0 bridgehead atoms. The summed E-state index contributed by atoms with van der Waals surface area (Å²) in [4.78, 5) is 12.6. The van der Waals surface area contributed by atoms with Gasteiger partial charge in [0.25, 0.3) is 0 Å². The molecule has 0 spiro atoms. The molecule has 4 heteroatoms. The van der Waals surface area contributed by atoms with Crippen LogP contribution in [0.3, 0.4) is 0 Å². The summed E-state index contributed by atoms with van der Waals surface area (Å²) in [6.07, 6.45) is 9.66. The SMILES string of the molecule is C=CCC(CC=C)(NC(=O)OCc1ccccc1)c1cccc(C(C)C)c1.C=CCC(N)(CC=C)c1cccc(C(C)C)c1. The van der Waals surface area contributed by atoms with Gasteiger partial charge in [-0.3, -0.25) is 0 Å². The Bertz CT molecular complexity index is 1340. The van der Waals surface area contributed by atoms with Crippen molar-refractivity contribution in [3.63, 3.8) is 0 Å². The molecule has 4 nitrogen and oxygen atoms in total. The summed E-state index contributed by atoms with van der Waals surface area (Å²) < 4.78 is 5.46. The third-order valence-electron chi connectivity index (χ3n) is 7.79. The third kappa shape index (κ3) is 10.5. The summed E-state index contributed by atoms with van der Waals surface area (Å²) in [5, 5.41) is 3.08. The fourth-order valence-corrected chi connectivity index (χ4v) is 5.18. The van der Waals surface area contributed by atoms with Crippen LogP contribution in [0, 0.1) is 0 Å². The van der Waals surface area contributed by atoms with Crippen molar-refractivity contribution in [1.29, 1.82) is 0 Å². The van der Waals surface area contributed by atoms with E-state index >= 15 is 0 Å². The van der Waals surface area contributed by atoms with Gasteiger partial charge in [0, 0.05) is 5.54 Å².